The molecule has 1 aliphatic heterocycles. The van der Waals surface area contributed by atoms with Crippen LogP contribution in [0.1, 0.15) is 59.8 Å². The lowest BCUT2D eigenvalue weighted by Crippen LogP contribution is -3.19. The lowest BCUT2D eigenvalue weighted by Gasteiger charge is -2.41. The molecule has 1 rings (SSSR count). The highest BCUT2D eigenvalue weighted by Crippen LogP contribution is 2.32. The second kappa shape index (κ2) is 7.75. The minimum Gasteiger partial charge on any atom is -0.634 e. The van der Waals surface area contributed by atoms with Crippen LogP contribution in [0.3, 0.4) is 0 Å². The van der Waals surface area contributed by atoms with Crippen molar-refractivity contribution in [2.24, 2.45) is 5.92 Å². The van der Waals surface area contributed by atoms with Crippen molar-refractivity contribution in [3.8, 4) is 0 Å². The van der Waals surface area contributed by atoms with Crippen molar-refractivity contribution in [1.29, 1.82) is 0 Å². The Hall–Kier alpha value is -0.650. The van der Waals surface area contributed by atoms with Gasteiger partial charge in [-0.1, -0.05) is 12.8 Å². The first-order chi connectivity index (χ1) is 10.1. The smallest absolute Gasteiger partial charge is 0.231 e. The van der Waals surface area contributed by atoms with Crippen LogP contribution in [-0.4, -0.2) is 49.1 Å². The van der Waals surface area contributed by atoms with Gasteiger partial charge in [0, 0.05) is 20.0 Å². The molecule has 1 aliphatic rings. The Kier molecular flexibility index (Phi) is 6.84. The predicted molar refractivity (Wildman–Crippen MR) is 90.6 cm³/mol. The molecule has 22 heavy (non-hydrogen) atoms. The van der Waals surface area contributed by atoms with Crippen molar-refractivity contribution in [2.75, 3.05) is 27.2 Å². The Morgan fingerprint density at radius 1 is 1.23 bits per heavy atom. The molecule has 2 unspecified atom stereocenters. The molecule has 0 aromatic rings. The van der Waals surface area contributed by atoms with E-state index in [0.29, 0.717) is 6.42 Å². The van der Waals surface area contributed by atoms with Crippen LogP contribution in [0.2, 0.25) is 0 Å². The summed E-state index contributed by atoms with van der Waals surface area (Å²) in [6.45, 7) is 9.64. The van der Waals surface area contributed by atoms with Gasteiger partial charge in [0.25, 0.3) is 0 Å². The zero-order valence-corrected chi connectivity index (χ0v) is 15.3. The van der Waals surface area contributed by atoms with Crippen molar-refractivity contribution in [1.82, 2.24) is 10.2 Å². The van der Waals surface area contributed by atoms with E-state index in [2.05, 4.69) is 5.32 Å². The van der Waals surface area contributed by atoms with E-state index in [-0.39, 0.29) is 22.4 Å². The molecule has 2 N–H and O–H groups in total. The summed E-state index contributed by atoms with van der Waals surface area (Å²) in [6, 6.07) is 0. The fourth-order valence-corrected chi connectivity index (χ4v) is 3.67. The molecular weight excluding hydrogens is 278 g/mol. The highest BCUT2D eigenvalue weighted by atomic mass is 16.5. The van der Waals surface area contributed by atoms with Crippen molar-refractivity contribution in [2.45, 2.75) is 70.9 Å². The Bertz CT molecular complexity index is 369. The van der Waals surface area contributed by atoms with Crippen LogP contribution >= 0.6 is 0 Å². The molecule has 1 fully saturated rings. The molecule has 5 heteroatoms. The molecule has 0 aromatic carbocycles. The van der Waals surface area contributed by atoms with Gasteiger partial charge in [0.2, 0.25) is 5.91 Å². The molecule has 0 aliphatic carbocycles. The van der Waals surface area contributed by atoms with Crippen LogP contribution in [0.25, 0.3) is 0 Å². The van der Waals surface area contributed by atoms with Gasteiger partial charge in [-0.25, -0.2) is 0 Å². The quantitative estimate of drug-likeness (QED) is 0.523. The van der Waals surface area contributed by atoms with Gasteiger partial charge in [0.1, 0.15) is 5.54 Å². The second-order valence-electron chi connectivity index (χ2n) is 7.97. The third kappa shape index (κ3) is 4.43. The minimum absolute atomic E-state index is 0.138. The zero-order chi connectivity index (χ0) is 17.0. The number of carbonyl (C=O) groups is 1. The van der Waals surface area contributed by atoms with Gasteiger partial charge in [-0.2, -0.15) is 0 Å². The SMILES string of the molecule is CNCCCCCCN(C)C(=O)C1CC(C)(C)[NH+]([O-])C1(C)C. The van der Waals surface area contributed by atoms with E-state index >= 15 is 0 Å². The Morgan fingerprint density at radius 3 is 2.32 bits per heavy atom. The van der Waals surface area contributed by atoms with Gasteiger partial charge in [-0.3, -0.25) is 4.79 Å². The third-order valence-corrected chi connectivity index (χ3v) is 5.13. The average molecular weight is 313 g/mol. The van der Waals surface area contributed by atoms with Crippen molar-refractivity contribution >= 4 is 5.91 Å². The molecule has 1 amide bonds. The standard InChI is InChI=1S/C17H35N3O2/c1-16(2)13-14(17(3,4)20(16)22)15(21)19(6)12-10-8-7-9-11-18-5/h14,18,20H,7-13H2,1-6H3. The molecule has 2 atom stereocenters. The van der Waals surface area contributed by atoms with E-state index in [4.69, 9.17) is 0 Å². The highest BCUT2D eigenvalue weighted by molar-refractivity contribution is 5.80. The molecule has 1 heterocycles. The Balaban J connectivity index is 2.46. The van der Waals surface area contributed by atoms with Gasteiger partial charge in [-0.15, -0.1) is 0 Å². The highest BCUT2D eigenvalue weighted by Gasteiger charge is 2.55. The number of amides is 1. The monoisotopic (exact) mass is 313 g/mol. The number of quaternary nitrogens is 1. The zero-order valence-electron chi connectivity index (χ0n) is 15.3. The van der Waals surface area contributed by atoms with E-state index in [9.17, 15) is 10.0 Å². The average Bonchev–Trinajstić information content (AvgIpc) is 2.61. The first-order valence-electron chi connectivity index (χ1n) is 8.59. The summed E-state index contributed by atoms with van der Waals surface area (Å²) < 4.78 is 0. The van der Waals surface area contributed by atoms with Crippen LogP contribution in [-0.2, 0) is 4.79 Å². The number of nitrogens with zero attached hydrogens (tertiary/aromatic N) is 1. The largest absolute Gasteiger partial charge is 0.634 e. The summed E-state index contributed by atoms with van der Waals surface area (Å²) >= 11 is 0. The number of hydrogen-bond donors (Lipinski definition) is 2. The number of rotatable bonds is 8. The van der Waals surface area contributed by atoms with Gasteiger partial charge in [0.15, 0.2) is 0 Å². The van der Waals surface area contributed by atoms with E-state index in [1.54, 1.807) is 0 Å². The Labute approximate surface area is 136 Å². The molecule has 0 saturated carbocycles. The van der Waals surface area contributed by atoms with E-state index in [0.717, 1.165) is 25.9 Å². The number of hydroxylamine groups is 2. The lowest BCUT2D eigenvalue weighted by atomic mass is 9.86. The maximum absolute atomic E-state index is 12.7. The van der Waals surface area contributed by atoms with Crippen molar-refractivity contribution in [3.05, 3.63) is 5.21 Å². The van der Waals surface area contributed by atoms with Crippen LogP contribution in [0.15, 0.2) is 0 Å². The first-order valence-corrected chi connectivity index (χ1v) is 8.59. The molecule has 1 saturated heterocycles. The first kappa shape index (κ1) is 19.4. The van der Waals surface area contributed by atoms with Crippen molar-refractivity contribution < 1.29 is 9.86 Å². The van der Waals surface area contributed by atoms with Crippen LogP contribution in [0.4, 0.5) is 0 Å². The van der Waals surface area contributed by atoms with Crippen LogP contribution in [0.5, 0.6) is 0 Å². The summed E-state index contributed by atoms with van der Waals surface area (Å²) in [5, 5.41) is 15.8. The van der Waals surface area contributed by atoms with Gasteiger partial charge >= 0.3 is 0 Å². The summed E-state index contributed by atoms with van der Waals surface area (Å²) in [6.07, 6.45) is 5.24. The maximum Gasteiger partial charge on any atom is 0.231 e. The van der Waals surface area contributed by atoms with Crippen LogP contribution in [0, 0.1) is 11.1 Å². The maximum atomic E-state index is 12.7. The fraction of sp³-hybridized carbons (Fsp3) is 0.941. The van der Waals surface area contributed by atoms with E-state index in [1.165, 1.54) is 12.8 Å². The van der Waals surface area contributed by atoms with E-state index < -0.39 is 5.54 Å². The molecule has 0 bridgehead atoms. The van der Waals surface area contributed by atoms with Crippen LogP contribution < -0.4 is 10.4 Å². The van der Waals surface area contributed by atoms with Gasteiger partial charge in [-0.05, 0) is 54.1 Å². The molecule has 5 nitrogen and oxygen atoms in total. The summed E-state index contributed by atoms with van der Waals surface area (Å²) in [5.74, 6) is -0.0385. The molecule has 0 spiro atoms. The minimum atomic E-state index is -0.540. The molecular formula is C17H35N3O2. The Morgan fingerprint density at radius 2 is 1.82 bits per heavy atom. The summed E-state index contributed by atoms with van der Waals surface area (Å²) in [4.78, 5) is 14.6. The fourth-order valence-electron chi connectivity index (χ4n) is 3.67. The lowest BCUT2D eigenvalue weighted by molar-refractivity contribution is -0.933. The normalized spacial score (nSPS) is 26.1. The summed E-state index contributed by atoms with van der Waals surface area (Å²) in [7, 11) is 3.85. The summed E-state index contributed by atoms with van der Waals surface area (Å²) in [5.41, 5.74) is -0.917. The number of unbranched alkanes of at least 4 members (excludes halogenated alkanes) is 3. The second-order valence-corrected chi connectivity index (χ2v) is 7.97. The predicted octanol–water partition coefficient (Wildman–Crippen LogP) is 1.18. The third-order valence-electron chi connectivity index (χ3n) is 5.13. The molecule has 130 valence electrons. The topological polar surface area (TPSA) is 59.8 Å². The van der Waals surface area contributed by atoms with Gasteiger partial charge < -0.3 is 20.5 Å². The number of nitrogens with one attached hydrogen (secondary N) is 2. The van der Waals surface area contributed by atoms with E-state index in [1.807, 2.05) is 46.7 Å². The molecule has 0 radical (unpaired) electrons. The van der Waals surface area contributed by atoms with Crippen molar-refractivity contribution in [3.63, 3.8) is 0 Å². The van der Waals surface area contributed by atoms with Gasteiger partial charge in [0.05, 0.1) is 11.5 Å². The molecule has 0 aromatic heterocycles. The number of hydrogen-bond acceptors (Lipinski definition) is 3. The number of carbonyl (C=O) groups excluding carboxylic acids is 1.